The molecule has 0 heterocycles. The van der Waals surface area contributed by atoms with Crippen LogP contribution in [-0.4, -0.2) is 38.8 Å². The van der Waals surface area contributed by atoms with Crippen molar-refractivity contribution in [2.45, 2.75) is 47.5 Å². The van der Waals surface area contributed by atoms with Crippen LogP contribution in [0.4, 0.5) is 0 Å². The number of ether oxygens (including phenoxy) is 1. The summed E-state index contributed by atoms with van der Waals surface area (Å²) in [6.45, 7) is 15.2. The predicted octanol–water partition coefficient (Wildman–Crippen LogP) is 2.65. The molecule has 0 aromatic carbocycles. The Labute approximate surface area is 119 Å². The lowest BCUT2D eigenvalue weighted by Crippen LogP contribution is -2.38. The van der Waals surface area contributed by atoms with Crippen molar-refractivity contribution in [2.24, 2.45) is 16.8 Å². The maximum absolute atomic E-state index is 5.54. The largest absolute Gasteiger partial charge is 0.381 e. The van der Waals surface area contributed by atoms with Gasteiger partial charge in [-0.25, -0.2) is 0 Å². The molecule has 0 radical (unpaired) electrons. The normalized spacial score (nSPS) is 12.3. The van der Waals surface area contributed by atoms with E-state index in [9.17, 15) is 0 Å². The van der Waals surface area contributed by atoms with Crippen molar-refractivity contribution in [3.05, 3.63) is 0 Å². The summed E-state index contributed by atoms with van der Waals surface area (Å²) >= 11 is 0. The highest BCUT2D eigenvalue weighted by Crippen LogP contribution is 1.96. The Balaban J connectivity index is 3.73. The number of guanidine groups is 1. The van der Waals surface area contributed by atoms with Gasteiger partial charge in [0.2, 0.25) is 0 Å². The zero-order chi connectivity index (χ0) is 14.5. The van der Waals surface area contributed by atoms with E-state index in [1.165, 1.54) is 6.42 Å². The Morgan fingerprint density at radius 1 is 1.11 bits per heavy atom. The van der Waals surface area contributed by atoms with E-state index in [2.05, 4.69) is 50.2 Å². The van der Waals surface area contributed by atoms with E-state index in [4.69, 9.17) is 4.74 Å². The summed E-state index contributed by atoms with van der Waals surface area (Å²) in [7, 11) is 0. The van der Waals surface area contributed by atoms with Crippen LogP contribution in [0.1, 0.15) is 47.5 Å². The Kier molecular flexibility index (Phi) is 11.8. The zero-order valence-corrected chi connectivity index (χ0v) is 13.5. The standard InChI is InChI=1S/C15H33N3O/c1-6-16-15(18-10-8-13(2)3)17-9-7-11-19-12-14(4)5/h13-14H,6-12H2,1-5H3,(H2,16,17,18). The fourth-order valence-corrected chi connectivity index (χ4v) is 1.50. The average Bonchev–Trinajstić information content (AvgIpc) is 2.32. The van der Waals surface area contributed by atoms with Gasteiger partial charge in [0.25, 0.3) is 0 Å². The Bertz CT molecular complexity index is 227. The molecule has 0 bridgehead atoms. The van der Waals surface area contributed by atoms with E-state index >= 15 is 0 Å². The topological polar surface area (TPSA) is 45.7 Å². The molecular weight excluding hydrogens is 238 g/mol. The summed E-state index contributed by atoms with van der Waals surface area (Å²) in [6.07, 6.45) is 2.15. The molecule has 0 aromatic heterocycles. The highest BCUT2D eigenvalue weighted by molar-refractivity contribution is 5.79. The molecule has 0 rings (SSSR count). The lowest BCUT2D eigenvalue weighted by Gasteiger charge is -2.12. The minimum atomic E-state index is 0.610. The minimum absolute atomic E-state index is 0.610. The van der Waals surface area contributed by atoms with Gasteiger partial charge in [0.1, 0.15) is 0 Å². The summed E-state index contributed by atoms with van der Waals surface area (Å²) in [5.41, 5.74) is 0. The number of rotatable bonds is 10. The molecule has 19 heavy (non-hydrogen) atoms. The van der Waals surface area contributed by atoms with Crippen molar-refractivity contribution >= 4 is 5.96 Å². The molecule has 0 aliphatic carbocycles. The molecule has 0 aromatic rings. The molecule has 0 aliphatic heterocycles. The van der Waals surface area contributed by atoms with Gasteiger partial charge in [-0.2, -0.15) is 0 Å². The van der Waals surface area contributed by atoms with Crippen LogP contribution in [0.2, 0.25) is 0 Å². The van der Waals surface area contributed by atoms with Gasteiger partial charge >= 0.3 is 0 Å². The van der Waals surface area contributed by atoms with E-state index in [1.807, 2.05) is 0 Å². The average molecular weight is 271 g/mol. The van der Waals surface area contributed by atoms with Crippen molar-refractivity contribution < 1.29 is 4.74 Å². The van der Waals surface area contributed by atoms with Crippen LogP contribution in [0, 0.1) is 11.8 Å². The van der Waals surface area contributed by atoms with Crippen molar-refractivity contribution in [3.8, 4) is 0 Å². The van der Waals surface area contributed by atoms with Crippen LogP contribution >= 0.6 is 0 Å². The van der Waals surface area contributed by atoms with Crippen LogP contribution < -0.4 is 10.6 Å². The lowest BCUT2D eigenvalue weighted by molar-refractivity contribution is 0.109. The molecule has 0 unspecified atom stereocenters. The maximum atomic E-state index is 5.54. The summed E-state index contributed by atoms with van der Waals surface area (Å²) in [4.78, 5) is 4.54. The van der Waals surface area contributed by atoms with Crippen molar-refractivity contribution in [3.63, 3.8) is 0 Å². The maximum Gasteiger partial charge on any atom is 0.191 e. The third kappa shape index (κ3) is 13.5. The second kappa shape index (κ2) is 12.3. The summed E-state index contributed by atoms with van der Waals surface area (Å²) in [5.74, 6) is 2.25. The number of nitrogens with zero attached hydrogens (tertiary/aromatic N) is 1. The smallest absolute Gasteiger partial charge is 0.191 e. The van der Waals surface area contributed by atoms with Gasteiger partial charge in [0.05, 0.1) is 0 Å². The molecule has 0 amide bonds. The van der Waals surface area contributed by atoms with Crippen molar-refractivity contribution in [2.75, 3.05) is 32.8 Å². The van der Waals surface area contributed by atoms with Crippen LogP contribution in [0.3, 0.4) is 0 Å². The predicted molar refractivity (Wildman–Crippen MR) is 83.7 cm³/mol. The second-order valence-electron chi connectivity index (χ2n) is 5.69. The second-order valence-corrected chi connectivity index (χ2v) is 5.69. The fraction of sp³-hybridized carbons (Fsp3) is 0.933. The first kappa shape index (κ1) is 18.2. The van der Waals surface area contributed by atoms with Gasteiger partial charge in [-0.05, 0) is 31.6 Å². The van der Waals surface area contributed by atoms with E-state index < -0.39 is 0 Å². The molecule has 4 heteroatoms. The highest BCUT2D eigenvalue weighted by Gasteiger charge is 1.98. The van der Waals surface area contributed by atoms with E-state index in [0.29, 0.717) is 5.92 Å². The minimum Gasteiger partial charge on any atom is -0.381 e. The molecule has 114 valence electrons. The Morgan fingerprint density at radius 3 is 2.42 bits per heavy atom. The molecule has 0 spiro atoms. The summed E-state index contributed by atoms with van der Waals surface area (Å²) in [6, 6.07) is 0. The molecule has 0 saturated carbocycles. The Morgan fingerprint density at radius 2 is 1.84 bits per heavy atom. The quantitative estimate of drug-likeness (QED) is 0.365. The van der Waals surface area contributed by atoms with Crippen LogP contribution in [-0.2, 0) is 4.74 Å². The van der Waals surface area contributed by atoms with E-state index in [0.717, 1.165) is 51.1 Å². The monoisotopic (exact) mass is 271 g/mol. The third-order valence-corrected chi connectivity index (χ3v) is 2.53. The highest BCUT2D eigenvalue weighted by atomic mass is 16.5. The van der Waals surface area contributed by atoms with Gasteiger partial charge in [-0.1, -0.05) is 27.7 Å². The number of hydrogen-bond acceptors (Lipinski definition) is 2. The number of hydrogen-bond donors (Lipinski definition) is 2. The number of nitrogens with one attached hydrogen (secondary N) is 2. The van der Waals surface area contributed by atoms with Gasteiger partial charge in [-0.3, -0.25) is 4.99 Å². The van der Waals surface area contributed by atoms with E-state index in [1.54, 1.807) is 0 Å². The first-order valence-electron chi connectivity index (χ1n) is 7.66. The van der Waals surface area contributed by atoms with Crippen molar-refractivity contribution in [1.82, 2.24) is 10.6 Å². The fourth-order valence-electron chi connectivity index (χ4n) is 1.50. The van der Waals surface area contributed by atoms with E-state index in [-0.39, 0.29) is 0 Å². The molecule has 4 nitrogen and oxygen atoms in total. The zero-order valence-electron chi connectivity index (χ0n) is 13.5. The van der Waals surface area contributed by atoms with Crippen molar-refractivity contribution in [1.29, 1.82) is 0 Å². The molecular formula is C15H33N3O. The SMILES string of the molecule is CCNC(=NCCCOCC(C)C)NCCC(C)C. The molecule has 0 fully saturated rings. The van der Waals surface area contributed by atoms with Crippen LogP contribution in [0.15, 0.2) is 4.99 Å². The van der Waals surface area contributed by atoms with Gasteiger partial charge < -0.3 is 15.4 Å². The molecule has 0 saturated heterocycles. The molecule has 0 aliphatic rings. The molecule has 2 N–H and O–H groups in total. The van der Waals surface area contributed by atoms with Crippen LogP contribution in [0.25, 0.3) is 0 Å². The van der Waals surface area contributed by atoms with Gasteiger partial charge in [-0.15, -0.1) is 0 Å². The van der Waals surface area contributed by atoms with Gasteiger partial charge in [0, 0.05) is 32.8 Å². The number of aliphatic imine (C=N–C) groups is 1. The summed E-state index contributed by atoms with van der Waals surface area (Å²) < 4.78 is 5.54. The first-order chi connectivity index (χ1) is 9.06. The lowest BCUT2D eigenvalue weighted by atomic mass is 10.1. The first-order valence-corrected chi connectivity index (χ1v) is 7.66. The molecule has 0 atom stereocenters. The Hall–Kier alpha value is -0.770. The van der Waals surface area contributed by atoms with Gasteiger partial charge in [0.15, 0.2) is 5.96 Å². The van der Waals surface area contributed by atoms with Crippen LogP contribution in [0.5, 0.6) is 0 Å². The summed E-state index contributed by atoms with van der Waals surface area (Å²) in [5, 5.41) is 6.62. The third-order valence-electron chi connectivity index (χ3n) is 2.53.